The predicted octanol–water partition coefficient (Wildman–Crippen LogP) is 0.257. The number of nitrogens with two attached hydrogens (primary N) is 2. The zero-order valence-electron chi connectivity index (χ0n) is 8.15. The van der Waals surface area contributed by atoms with Gasteiger partial charge in [0, 0.05) is 0 Å². The van der Waals surface area contributed by atoms with Gasteiger partial charge in [-0.05, 0) is 6.07 Å². The van der Waals surface area contributed by atoms with Crippen molar-refractivity contribution < 1.29 is 21.9 Å². The topological polar surface area (TPSA) is 108 Å². The van der Waals surface area contributed by atoms with E-state index in [0.717, 1.165) is 13.2 Å². The van der Waals surface area contributed by atoms with Crippen molar-refractivity contribution in [2.75, 3.05) is 12.8 Å². The van der Waals surface area contributed by atoms with Crippen LogP contribution in [-0.2, 0) is 10.0 Å². The fraction of sp³-hybridized carbons (Fsp3) is 0.286. The van der Waals surface area contributed by atoms with Crippen molar-refractivity contribution in [3.63, 3.8) is 0 Å². The first-order valence-electron chi connectivity index (χ1n) is 3.92. The number of halogens is 2. The van der Waals surface area contributed by atoms with Crippen molar-refractivity contribution in [1.29, 1.82) is 0 Å². The van der Waals surface area contributed by atoms with Crippen LogP contribution in [0.5, 0.6) is 5.88 Å². The van der Waals surface area contributed by atoms with Crippen LogP contribution in [0, 0.1) is 0 Å². The highest BCUT2D eigenvalue weighted by Crippen LogP contribution is 2.30. The molecule has 1 rings (SSSR count). The number of rotatable bonds is 3. The Labute approximate surface area is 90.3 Å². The summed E-state index contributed by atoms with van der Waals surface area (Å²) in [6.07, 6.45) is -2.88. The summed E-state index contributed by atoms with van der Waals surface area (Å²) < 4.78 is 51.4. The van der Waals surface area contributed by atoms with Crippen LogP contribution < -0.4 is 15.6 Å². The molecule has 9 heteroatoms. The van der Waals surface area contributed by atoms with E-state index >= 15 is 0 Å². The SMILES string of the molecule is COc1nc(C(F)F)cc(N)c1S(N)(=O)=O. The summed E-state index contributed by atoms with van der Waals surface area (Å²) in [5, 5.41) is 4.84. The molecular weight excluding hydrogens is 244 g/mol. The summed E-state index contributed by atoms with van der Waals surface area (Å²) in [5.41, 5.74) is 4.20. The summed E-state index contributed by atoms with van der Waals surface area (Å²) in [7, 11) is -3.10. The van der Waals surface area contributed by atoms with Crippen molar-refractivity contribution in [3.8, 4) is 5.88 Å². The van der Waals surface area contributed by atoms with Crippen molar-refractivity contribution >= 4 is 15.7 Å². The molecule has 0 amide bonds. The number of nitrogens with zero attached hydrogens (tertiary/aromatic N) is 1. The molecule has 1 heterocycles. The first-order valence-corrected chi connectivity index (χ1v) is 5.47. The highest BCUT2D eigenvalue weighted by molar-refractivity contribution is 7.89. The zero-order valence-corrected chi connectivity index (χ0v) is 8.96. The third-order valence-corrected chi connectivity index (χ3v) is 2.67. The van der Waals surface area contributed by atoms with Crippen molar-refractivity contribution in [3.05, 3.63) is 11.8 Å². The third kappa shape index (κ3) is 2.36. The van der Waals surface area contributed by atoms with Crippen LogP contribution in [0.3, 0.4) is 0 Å². The summed E-state index contributed by atoms with van der Waals surface area (Å²) in [5.74, 6) is -0.544. The van der Waals surface area contributed by atoms with E-state index in [1.54, 1.807) is 0 Å². The molecule has 6 nitrogen and oxygen atoms in total. The average molecular weight is 253 g/mol. The largest absolute Gasteiger partial charge is 0.480 e. The smallest absolute Gasteiger partial charge is 0.280 e. The van der Waals surface area contributed by atoms with Crippen LogP contribution in [0.2, 0.25) is 0 Å². The molecule has 0 fully saturated rings. The quantitative estimate of drug-likeness (QED) is 0.803. The molecule has 0 bridgehead atoms. The third-order valence-electron chi connectivity index (χ3n) is 1.69. The molecule has 0 aromatic carbocycles. The summed E-state index contributed by atoms with van der Waals surface area (Å²) in [6, 6.07) is 0.743. The van der Waals surface area contributed by atoms with E-state index < -0.39 is 38.6 Å². The van der Waals surface area contributed by atoms with Crippen LogP contribution in [0.1, 0.15) is 12.1 Å². The maximum absolute atomic E-state index is 12.3. The summed E-state index contributed by atoms with van der Waals surface area (Å²) in [6.45, 7) is 0. The molecule has 0 aliphatic rings. The number of aromatic nitrogens is 1. The Hall–Kier alpha value is -1.48. The minimum Gasteiger partial charge on any atom is -0.480 e. The van der Waals surface area contributed by atoms with Crippen molar-refractivity contribution in [2.45, 2.75) is 11.3 Å². The molecule has 0 saturated heterocycles. The van der Waals surface area contributed by atoms with Crippen LogP contribution in [0.25, 0.3) is 0 Å². The number of pyridine rings is 1. The van der Waals surface area contributed by atoms with E-state index in [1.165, 1.54) is 0 Å². The molecule has 0 unspecified atom stereocenters. The predicted molar refractivity (Wildman–Crippen MR) is 51.5 cm³/mol. The van der Waals surface area contributed by atoms with Crippen LogP contribution >= 0.6 is 0 Å². The van der Waals surface area contributed by atoms with E-state index in [1.807, 2.05) is 0 Å². The standard InChI is InChI=1S/C7H9F2N3O3S/c1-15-7-5(16(11,13)14)3(10)2-4(12-7)6(8)9/h2,6H,1H3,(H2,10,12)(H2,11,13,14). The lowest BCUT2D eigenvalue weighted by molar-refractivity contribution is 0.145. The summed E-state index contributed by atoms with van der Waals surface area (Å²) in [4.78, 5) is 2.71. The second-order valence-electron chi connectivity index (χ2n) is 2.82. The number of methoxy groups -OCH3 is 1. The number of hydrogen-bond donors (Lipinski definition) is 2. The first kappa shape index (κ1) is 12.6. The van der Waals surface area contributed by atoms with Gasteiger partial charge < -0.3 is 10.5 Å². The van der Waals surface area contributed by atoms with Gasteiger partial charge in [-0.1, -0.05) is 0 Å². The van der Waals surface area contributed by atoms with Gasteiger partial charge in [-0.25, -0.2) is 27.3 Å². The Bertz CT molecular complexity index is 504. The zero-order chi connectivity index (χ0) is 12.5. The van der Waals surface area contributed by atoms with E-state index in [0.29, 0.717) is 0 Å². The Kier molecular flexibility index (Phi) is 3.29. The van der Waals surface area contributed by atoms with Crippen molar-refractivity contribution in [2.24, 2.45) is 5.14 Å². The highest BCUT2D eigenvalue weighted by Gasteiger charge is 2.23. The highest BCUT2D eigenvalue weighted by atomic mass is 32.2. The minimum absolute atomic E-state index is 0.426. The van der Waals surface area contributed by atoms with Crippen LogP contribution in [0.4, 0.5) is 14.5 Å². The number of alkyl halides is 2. The Morgan fingerprint density at radius 1 is 1.50 bits per heavy atom. The molecular formula is C7H9F2N3O3S. The van der Waals surface area contributed by atoms with Gasteiger partial charge in [0.25, 0.3) is 6.43 Å². The van der Waals surface area contributed by atoms with Crippen LogP contribution in [-0.4, -0.2) is 20.5 Å². The first-order chi connectivity index (χ1) is 7.27. The van der Waals surface area contributed by atoms with Gasteiger partial charge in [0.2, 0.25) is 15.9 Å². The molecule has 0 radical (unpaired) electrons. The fourth-order valence-electron chi connectivity index (χ4n) is 1.08. The summed E-state index contributed by atoms with van der Waals surface area (Å²) >= 11 is 0. The van der Waals surface area contributed by atoms with Gasteiger partial charge >= 0.3 is 0 Å². The van der Waals surface area contributed by atoms with E-state index in [4.69, 9.17) is 10.9 Å². The lowest BCUT2D eigenvalue weighted by Crippen LogP contribution is -2.17. The molecule has 16 heavy (non-hydrogen) atoms. The monoisotopic (exact) mass is 253 g/mol. The maximum atomic E-state index is 12.3. The lowest BCUT2D eigenvalue weighted by Gasteiger charge is -2.10. The molecule has 0 atom stereocenters. The Morgan fingerprint density at radius 2 is 2.06 bits per heavy atom. The van der Waals surface area contributed by atoms with Crippen molar-refractivity contribution in [1.82, 2.24) is 4.98 Å². The second-order valence-corrected chi connectivity index (χ2v) is 4.32. The fourth-order valence-corrected chi connectivity index (χ4v) is 1.84. The number of hydrogen-bond acceptors (Lipinski definition) is 5. The number of anilines is 1. The number of nitrogen functional groups attached to an aromatic ring is 1. The maximum Gasteiger partial charge on any atom is 0.280 e. The molecule has 90 valence electrons. The normalized spacial score (nSPS) is 11.8. The average Bonchev–Trinajstić information content (AvgIpc) is 2.14. The molecule has 0 aliphatic carbocycles. The number of primary sulfonamides is 1. The lowest BCUT2D eigenvalue weighted by atomic mass is 10.3. The van der Waals surface area contributed by atoms with Crippen LogP contribution in [0.15, 0.2) is 11.0 Å². The van der Waals surface area contributed by atoms with E-state index in [2.05, 4.69) is 9.72 Å². The molecule has 4 N–H and O–H groups in total. The van der Waals surface area contributed by atoms with E-state index in [9.17, 15) is 17.2 Å². The Morgan fingerprint density at radius 3 is 2.44 bits per heavy atom. The number of ether oxygens (including phenoxy) is 1. The van der Waals surface area contributed by atoms with Gasteiger partial charge in [0.1, 0.15) is 5.69 Å². The minimum atomic E-state index is -4.18. The Balaban J connectivity index is 3.53. The van der Waals surface area contributed by atoms with Gasteiger partial charge in [-0.2, -0.15) is 0 Å². The van der Waals surface area contributed by atoms with Gasteiger partial charge in [-0.3, -0.25) is 0 Å². The molecule has 0 saturated carbocycles. The molecule has 1 aromatic heterocycles. The van der Waals surface area contributed by atoms with Gasteiger partial charge in [-0.15, -0.1) is 0 Å². The van der Waals surface area contributed by atoms with Gasteiger partial charge in [0.05, 0.1) is 12.8 Å². The number of sulfonamides is 1. The molecule has 0 spiro atoms. The second kappa shape index (κ2) is 4.18. The van der Waals surface area contributed by atoms with E-state index in [-0.39, 0.29) is 0 Å². The van der Waals surface area contributed by atoms with Gasteiger partial charge in [0.15, 0.2) is 4.90 Å². The molecule has 1 aromatic rings. The molecule has 0 aliphatic heterocycles.